The van der Waals surface area contributed by atoms with Gasteiger partial charge in [-0.2, -0.15) is 0 Å². The summed E-state index contributed by atoms with van der Waals surface area (Å²) in [5.74, 6) is 0.597. The minimum absolute atomic E-state index is 0.0501. The van der Waals surface area contributed by atoms with Crippen LogP contribution >= 0.6 is 0 Å². The van der Waals surface area contributed by atoms with Gasteiger partial charge in [-0.15, -0.1) is 0 Å². The number of rotatable bonds is 6. The fourth-order valence-electron chi connectivity index (χ4n) is 3.35. The number of amides is 2. The summed E-state index contributed by atoms with van der Waals surface area (Å²) in [7, 11) is 1.69. The minimum atomic E-state index is 0.0501. The molecule has 2 fully saturated rings. The van der Waals surface area contributed by atoms with Crippen molar-refractivity contribution < 1.29 is 9.53 Å². The molecule has 1 saturated carbocycles. The van der Waals surface area contributed by atoms with Crippen molar-refractivity contribution in [1.82, 2.24) is 20.1 Å². The molecule has 132 valence electrons. The van der Waals surface area contributed by atoms with E-state index in [1.54, 1.807) is 7.11 Å². The van der Waals surface area contributed by atoms with Crippen molar-refractivity contribution in [1.29, 1.82) is 0 Å². The third-order valence-corrected chi connectivity index (χ3v) is 5.11. The summed E-state index contributed by atoms with van der Waals surface area (Å²) < 4.78 is 5.24. The number of methoxy groups -OCH3 is 1. The van der Waals surface area contributed by atoms with Gasteiger partial charge in [0, 0.05) is 45.5 Å². The molecule has 0 radical (unpaired) electrons. The lowest BCUT2D eigenvalue weighted by Crippen LogP contribution is -2.54. The number of piperazine rings is 1. The molecule has 1 aromatic rings. The smallest absolute Gasteiger partial charge is 0.317 e. The van der Waals surface area contributed by atoms with Gasteiger partial charge in [-0.05, 0) is 37.8 Å². The Labute approximate surface area is 144 Å². The molecule has 1 aliphatic heterocycles. The molecule has 3 rings (SSSR count). The van der Waals surface area contributed by atoms with E-state index in [1.807, 2.05) is 23.2 Å². The summed E-state index contributed by atoms with van der Waals surface area (Å²) in [5, 5.41) is 3.16. The third-order valence-electron chi connectivity index (χ3n) is 5.11. The number of hydrogen-bond donors (Lipinski definition) is 1. The van der Waals surface area contributed by atoms with Crippen LogP contribution in [0.1, 0.15) is 31.5 Å². The van der Waals surface area contributed by atoms with Crippen LogP contribution in [0, 0.1) is 5.92 Å². The van der Waals surface area contributed by atoms with Crippen LogP contribution in [-0.2, 0) is 4.74 Å². The van der Waals surface area contributed by atoms with E-state index in [0.29, 0.717) is 12.5 Å². The van der Waals surface area contributed by atoms with E-state index in [0.717, 1.165) is 31.9 Å². The number of aromatic nitrogens is 1. The number of nitrogens with zero attached hydrogens (tertiary/aromatic N) is 3. The molecule has 0 spiro atoms. The van der Waals surface area contributed by atoms with Crippen LogP contribution in [0.15, 0.2) is 24.4 Å². The quantitative estimate of drug-likeness (QED) is 0.864. The van der Waals surface area contributed by atoms with Crippen LogP contribution in [0.25, 0.3) is 0 Å². The van der Waals surface area contributed by atoms with Crippen LogP contribution in [0.2, 0.25) is 0 Å². The lowest BCUT2D eigenvalue weighted by Gasteiger charge is -2.38. The van der Waals surface area contributed by atoms with Crippen LogP contribution in [0.5, 0.6) is 0 Å². The number of carbonyl (C=O) groups is 1. The van der Waals surface area contributed by atoms with Gasteiger partial charge in [-0.25, -0.2) is 4.79 Å². The van der Waals surface area contributed by atoms with Gasteiger partial charge in [-0.3, -0.25) is 9.88 Å². The number of urea groups is 1. The van der Waals surface area contributed by atoms with Crippen molar-refractivity contribution in [3.05, 3.63) is 30.1 Å². The lowest BCUT2D eigenvalue weighted by atomic mass is 10.1. The third kappa shape index (κ3) is 4.24. The van der Waals surface area contributed by atoms with E-state index in [9.17, 15) is 4.79 Å². The van der Waals surface area contributed by atoms with Gasteiger partial charge in [0.05, 0.1) is 18.3 Å². The van der Waals surface area contributed by atoms with Gasteiger partial charge in [-0.1, -0.05) is 6.07 Å². The van der Waals surface area contributed by atoms with Crippen LogP contribution < -0.4 is 5.32 Å². The molecule has 6 heteroatoms. The van der Waals surface area contributed by atoms with Crippen molar-refractivity contribution in [3.8, 4) is 0 Å². The first-order valence-corrected chi connectivity index (χ1v) is 8.88. The zero-order valence-electron chi connectivity index (χ0n) is 14.6. The molecule has 24 heavy (non-hydrogen) atoms. The molecular formula is C18H28N4O2. The molecule has 0 bridgehead atoms. The Morgan fingerprint density at radius 3 is 2.67 bits per heavy atom. The molecule has 0 unspecified atom stereocenters. The van der Waals surface area contributed by atoms with E-state index in [2.05, 4.69) is 28.2 Å². The molecule has 1 aromatic heterocycles. The van der Waals surface area contributed by atoms with E-state index in [-0.39, 0.29) is 18.1 Å². The topological polar surface area (TPSA) is 57.7 Å². The Balaban J connectivity index is 1.48. The monoisotopic (exact) mass is 332 g/mol. The number of pyridine rings is 1. The van der Waals surface area contributed by atoms with E-state index in [1.165, 1.54) is 12.8 Å². The zero-order valence-corrected chi connectivity index (χ0v) is 14.6. The van der Waals surface area contributed by atoms with Crippen molar-refractivity contribution in [2.75, 3.05) is 39.9 Å². The van der Waals surface area contributed by atoms with Gasteiger partial charge in [0.15, 0.2) is 0 Å². The van der Waals surface area contributed by atoms with E-state index >= 15 is 0 Å². The highest BCUT2D eigenvalue weighted by molar-refractivity contribution is 5.74. The second kappa shape index (κ2) is 7.94. The average molecular weight is 332 g/mol. The first-order valence-electron chi connectivity index (χ1n) is 8.88. The number of ether oxygens (including phenoxy) is 1. The van der Waals surface area contributed by atoms with Crippen LogP contribution in [-0.4, -0.2) is 66.8 Å². The molecule has 6 nitrogen and oxygen atoms in total. The van der Waals surface area contributed by atoms with Gasteiger partial charge >= 0.3 is 6.03 Å². The highest BCUT2D eigenvalue weighted by Crippen LogP contribution is 2.32. The van der Waals surface area contributed by atoms with Crippen molar-refractivity contribution >= 4 is 6.03 Å². The Kier molecular flexibility index (Phi) is 5.68. The van der Waals surface area contributed by atoms with Gasteiger partial charge < -0.3 is 15.0 Å². The maximum atomic E-state index is 12.5. The van der Waals surface area contributed by atoms with Gasteiger partial charge in [0.25, 0.3) is 0 Å². The SMILES string of the molecule is COC[C@H](NC(=O)N1CCN([C@H](C)c2ccccn2)CC1)C1CC1. The maximum Gasteiger partial charge on any atom is 0.317 e. The molecule has 1 N–H and O–H groups in total. The molecule has 1 saturated heterocycles. The molecular weight excluding hydrogens is 304 g/mol. The Bertz CT molecular complexity index is 527. The first-order chi connectivity index (χ1) is 11.7. The maximum absolute atomic E-state index is 12.5. The normalized spacial score (nSPS) is 21.3. The number of hydrogen-bond acceptors (Lipinski definition) is 4. The molecule has 2 amide bonds. The summed E-state index contributed by atoms with van der Waals surface area (Å²) >= 11 is 0. The Morgan fingerprint density at radius 2 is 2.08 bits per heavy atom. The molecule has 2 atom stereocenters. The number of nitrogens with one attached hydrogen (secondary N) is 1. The van der Waals surface area contributed by atoms with Gasteiger partial charge in [0.2, 0.25) is 0 Å². The van der Waals surface area contributed by atoms with Gasteiger partial charge in [0.1, 0.15) is 0 Å². The van der Waals surface area contributed by atoms with Crippen molar-refractivity contribution in [2.45, 2.75) is 31.8 Å². The summed E-state index contributed by atoms with van der Waals surface area (Å²) in [6.45, 7) is 6.06. The van der Waals surface area contributed by atoms with E-state index in [4.69, 9.17) is 4.74 Å². The predicted molar refractivity (Wildman–Crippen MR) is 92.7 cm³/mol. The van der Waals surface area contributed by atoms with Crippen LogP contribution in [0.4, 0.5) is 4.79 Å². The largest absolute Gasteiger partial charge is 0.383 e. The number of carbonyl (C=O) groups excluding carboxylic acids is 1. The summed E-state index contributed by atoms with van der Waals surface area (Å²) in [4.78, 5) is 21.2. The zero-order chi connectivity index (χ0) is 16.9. The molecule has 0 aromatic carbocycles. The standard InChI is InChI=1S/C18H28N4O2/c1-14(16-5-3-4-8-19-16)21-9-11-22(12-10-21)18(23)20-17(13-24-2)15-6-7-15/h3-5,8,14-15,17H,6-7,9-13H2,1-2H3,(H,20,23)/t14-,17+/m1/s1. The first kappa shape index (κ1) is 17.2. The Morgan fingerprint density at radius 1 is 1.33 bits per heavy atom. The molecule has 2 aliphatic rings. The minimum Gasteiger partial charge on any atom is -0.383 e. The molecule has 1 aliphatic carbocycles. The lowest BCUT2D eigenvalue weighted by molar-refractivity contribution is 0.105. The van der Waals surface area contributed by atoms with Crippen molar-refractivity contribution in [3.63, 3.8) is 0 Å². The summed E-state index contributed by atoms with van der Waals surface area (Å²) in [6.07, 6.45) is 4.23. The second-order valence-electron chi connectivity index (χ2n) is 6.80. The summed E-state index contributed by atoms with van der Waals surface area (Å²) in [6, 6.07) is 6.52. The molecule has 2 heterocycles. The fraction of sp³-hybridized carbons (Fsp3) is 0.667. The van der Waals surface area contributed by atoms with E-state index < -0.39 is 0 Å². The fourth-order valence-corrected chi connectivity index (χ4v) is 3.35. The Hall–Kier alpha value is -1.66. The van der Waals surface area contributed by atoms with Crippen LogP contribution in [0.3, 0.4) is 0 Å². The van der Waals surface area contributed by atoms with Crippen molar-refractivity contribution in [2.24, 2.45) is 5.92 Å². The average Bonchev–Trinajstić information content (AvgIpc) is 3.47. The highest BCUT2D eigenvalue weighted by atomic mass is 16.5. The summed E-state index contributed by atoms with van der Waals surface area (Å²) in [5.41, 5.74) is 1.09. The second-order valence-corrected chi connectivity index (χ2v) is 6.80. The predicted octanol–water partition coefficient (Wildman–Crippen LogP) is 1.89. The highest BCUT2D eigenvalue weighted by Gasteiger charge is 2.34.